The molecule has 2 aromatic rings. The zero-order valence-electron chi connectivity index (χ0n) is 15.4. The summed E-state index contributed by atoms with van der Waals surface area (Å²) in [5, 5.41) is 14.7. The van der Waals surface area contributed by atoms with Crippen molar-refractivity contribution in [2.24, 2.45) is 0 Å². The van der Waals surface area contributed by atoms with Crippen LogP contribution in [0.4, 0.5) is 5.69 Å². The largest absolute Gasteiger partial charge is 0.484 e. The fraction of sp³-hybridized carbons (Fsp3) is 0.286. The van der Waals surface area contributed by atoms with Gasteiger partial charge in [0.25, 0.3) is 5.91 Å². The van der Waals surface area contributed by atoms with E-state index in [1.807, 2.05) is 30.3 Å². The molecule has 6 nitrogen and oxygen atoms in total. The highest BCUT2D eigenvalue weighted by molar-refractivity contribution is 7.98. The Morgan fingerprint density at radius 1 is 1.25 bits per heavy atom. The van der Waals surface area contributed by atoms with Crippen molar-refractivity contribution in [3.63, 3.8) is 0 Å². The monoisotopic (exact) mass is 395 g/mol. The summed E-state index contributed by atoms with van der Waals surface area (Å²) < 4.78 is 5.55. The van der Waals surface area contributed by atoms with Gasteiger partial charge in [-0.25, -0.2) is 0 Å². The number of ether oxygens (including phenoxy) is 1. The van der Waals surface area contributed by atoms with Gasteiger partial charge >= 0.3 is 0 Å². The van der Waals surface area contributed by atoms with Crippen molar-refractivity contribution < 1.29 is 14.3 Å². The molecule has 0 saturated heterocycles. The van der Waals surface area contributed by atoms with Gasteiger partial charge in [-0.3, -0.25) is 9.59 Å². The van der Waals surface area contributed by atoms with Crippen LogP contribution < -0.4 is 15.4 Å². The molecule has 0 bridgehead atoms. The summed E-state index contributed by atoms with van der Waals surface area (Å²) in [5.74, 6) is 1.96. The molecule has 0 fully saturated rings. The number of thioether (sulfide) groups is 1. The maximum Gasteiger partial charge on any atom is 0.257 e. The average molecular weight is 395 g/mol. The highest BCUT2D eigenvalue weighted by Gasteiger charge is 2.15. The Balaban J connectivity index is 1.35. The third-order valence-corrected chi connectivity index (χ3v) is 5.31. The van der Waals surface area contributed by atoms with E-state index < -0.39 is 0 Å². The van der Waals surface area contributed by atoms with E-state index in [-0.39, 0.29) is 18.4 Å². The molecule has 0 spiro atoms. The molecule has 0 aromatic heterocycles. The summed E-state index contributed by atoms with van der Waals surface area (Å²) in [5.41, 5.74) is 3.53. The first-order chi connectivity index (χ1) is 13.7. The van der Waals surface area contributed by atoms with Crippen LogP contribution in [0, 0.1) is 11.3 Å². The Morgan fingerprint density at radius 3 is 2.96 bits per heavy atom. The number of rotatable bonds is 8. The summed E-state index contributed by atoms with van der Waals surface area (Å²) in [4.78, 5) is 23.3. The van der Waals surface area contributed by atoms with Crippen molar-refractivity contribution in [3.05, 3.63) is 59.2 Å². The van der Waals surface area contributed by atoms with E-state index in [9.17, 15) is 9.59 Å². The predicted molar refractivity (Wildman–Crippen MR) is 109 cm³/mol. The van der Waals surface area contributed by atoms with Gasteiger partial charge in [-0.05, 0) is 41.8 Å². The van der Waals surface area contributed by atoms with E-state index in [1.54, 1.807) is 23.9 Å². The molecule has 1 aliphatic heterocycles. The number of hydrogen-bond acceptors (Lipinski definition) is 5. The predicted octanol–water partition coefficient (Wildman–Crippen LogP) is 2.87. The molecular formula is C21H21N3O3S. The quantitative estimate of drug-likeness (QED) is 0.671. The molecule has 7 heteroatoms. The molecule has 0 radical (unpaired) electrons. The van der Waals surface area contributed by atoms with Gasteiger partial charge in [0.05, 0.1) is 11.6 Å². The summed E-state index contributed by atoms with van der Waals surface area (Å²) in [7, 11) is 0. The van der Waals surface area contributed by atoms with Crippen molar-refractivity contribution in [1.82, 2.24) is 5.32 Å². The lowest BCUT2D eigenvalue weighted by molar-refractivity contribution is -0.123. The van der Waals surface area contributed by atoms with Gasteiger partial charge < -0.3 is 15.4 Å². The van der Waals surface area contributed by atoms with E-state index >= 15 is 0 Å². The number of benzene rings is 2. The molecule has 0 atom stereocenters. The summed E-state index contributed by atoms with van der Waals surface area (Å²) in [6.07, 6.45) is 1.14. The molecule has 2 amide bonds. The second-order valence-corrected chi connectivity index (χ2v) is 7.43. The van der Waals surface area contributed by atoms with Gasteiger partial charge in [0.1, 0.15) is 5.75 Å². The van der Waals surface area contributed by atoms with E-state index in [0.29, 0.717) is 30.7 Å². The Bertz CT molecular complexity index is 908. The van der Waals surface area contributed by atoms with Gasteiger partial charge in [-0.2, -0.15) is 17.0 Å². The van der Waals surface area contributed by atoms with Crippen LogP contribution in [0.5, 0.6) is 5.75 Å². The van der Waals surface area contributed by atoms with Crippen LogP contribution in [-0.2, 0) is 21.8 Å². The second kappa shape index (κ2) is 9.81. The molecule has 3 rings (SSSR count). The molecular weight excluding hydrogens is 374 g/mol. The van der Waals surface area contributed by atoms with Crippen LogP contribution >= 0.6 is 11.8 Å². The van der Waals surface area contributed by atoms with E-state index in [4.69, 9.17) is 10.00 Å². The Kier molecular flexibility index (Phi) is 6.93. The zero-order chi connectivity index (χ0) is 19.8. The number of nitrogens with zero attached hydrogens (tertiary/aromatic N) is 1. The second-order valence-electron chi connectivity index (χ2n) is 6.33. The third-order valence-electron chi connectivity index (χ3n) is 4.31. The minimum Gasteiger partial charge on any atom is -0.484 e. The number of nitriles is 1. The lowest BCUT2D eigenvalue weighted by atomic mass is 10.0. The molecule has 0 unspecified atom stereocenters. The molecule has 28 heavy (non-hydrogen) atoms. The molecule has 0 aliphatic carbocycles. The van der Waals surface area contributed by atoms with Crippen LogP contribution in [0.1, 0.15) is 23.1 Å². The van der Waals surface area contributed by atoms with Crippen LogP contribution in [0.3, 0.4) is 0 Å². The number of anilines is 1. The summed E-state index contributed by atoms with van der Waals surface area (Å²) >= 11 is 1.67. The van der Waals surface area contributed by atoms with E-state index in [2.05, 4.69) is 16.7 Å². The zero-order valence-corrected chi connectivity index (χ0v) is 16.2. The Labute approximate surface area is 168 Å². The highest BCUT2D eigenvalue weighted by atomic mass is 32.2. The van der Waals surface area contributed by atoms with Gasteiger partial charge in [0.2, 0.25) is 5.91 Å². The SMILES string of the molecule is N#Cc1ccccc1CSCCNC(=O)COc1ccc2c(c1)CCC(=O)N2. The lowest BCUT2D eigenvalue weighted by Gasteiger charge is -2.17. The Morgan fingerprint density at radius 2 is 2.11 bits per heavy atom. The van der Waals surface area contributed by atoms with Gasteiger partial charge in [-0.1, -0.05) is 18.2 Å². The maximum atomic E-state index is 11.9. The summed E-state index contributed by atoms with van der Waals surface area (Å²) in [6.45, 7) is 0.491. The number of hydrogen-bond donors (Lipinski definition) is 2. The van der Waals surface area contributed by atoms with E-state index in [0.717, 1.165) is 28.3 Å². The van der Waals surface area contributed by atoms with Crippen molar-refractivity contribution in [2.45, 2.75) is 18.6 Å². The number of amides is 2. The van der Waals surface area contributed by atoms with Crippen LogP contribution in [-0.4, -0.2) is 30.7 Å². The molecule has 144 valence electrons. The number of carbonyl (C=O) groups excluding carboxylic acids is 2. The Hall–Kier alpha value is -2.98. The molecule has 0 saturated carbocycles. The number of carbonyl (C=O) groups is 2. The number of aryl methyl sites for hydroxylation is 1. The van der Waals surface area contributed by atoms with E-state index in [1.165, 1.54) is 0 Å². The fourth-order valence-electron chi connectivity index (χ4n) is 2.85. The van der Waals surface area contributed by atoms with Crippen LogP contribution in [0.15, 0.2) is 42.5 Å². The summed E-state index contributed by atoms with van der Waals surface area (Å²) in [6, 6.07) is 15.1. The number of fused-ring (bicyclic) bond motifs is 1. The minimum atomic E-state index is -0.177. The standard InChI is InChI=1S/C21H21N3O3S/c22-12-16-3-1-2-4-17(16)14-28-10-9-23-21(26)13-27-18-6-7-19-15(11-18)5-8-20(25)24-19/h1-4,6-7,11H,5,8-10,13-14H2,(H,23,26)(H,24,25). The smallest absolute Gasteiger partial charge is 0.257 e. The molecule has 2 aromatic carbocycles. The van der Waals surface area contributed by atoms with Crippen LogP contribution in [0.2, 0.25) is 0 Å². The fourth-order valence-corrected chi connectivity index (χ4v) is 3.71. The molecule has 2 N–H and O–H groups in total. The molecule has 1 aliphatic rings. The third kappa shape index (κ3) is 5.51. The first-order valence-corrected chi connectivity index (χ1v) is 10.2. The van der Waals surface area contributed by atoms with Crippen molar-refractivity contribution >= 4 is 29.3 Å². The van der Waals surface area contributed by atoms with Gasteiger partial charge in [0, 0.05) is 30.2 Å². The molecule has 1 heterocycles. The van der Waals surface area contributed by atoms with Crippen molar-refractivity contribution in [3.8, 4) is 11.8 Å². The normalized spacial score (nSPS) is 12.5. The number of nitrogens with one attached hydrogen (secondary N) is 2. The lowest BCUT2D eigenvalue weighted by Crippen LogP contribution is -2.30. The topological polar surface area (TPSA) is 91.2 Å². The van der Waals surface area contributed by atoms with Crippen molar-refractivity contribution in [2.75, 3.05) is 24.2 Å². The van der Waals surface area contributed by atoms with Gasteiger partial charge in [-0.15, -0.1) is 0 Å². The van der Waals surface area contributed by atoms with Crippen molar-refractivity contribution in [1.29, 1.82) is 5.26 Å². The van der Waals surface area contributed by atoms with Crippen LogP contribution in [0.25, 0.3) is 0 Å². The first-order valence-electron chi connectivity index (χ1n) is 9.04. The first kappa shape index (κ1) is 19.8. The van der Waals surface area contributed by atoms with Gasteiger partial charge in [0.15, 0.2) is 6.61 Å². The maximum absolute atomic E-state index is 11.9. The minimum absolute atomic E-state index is 0.0227. The average Bonchev–Trinajstić information content (AvgIpc) is 2.72. The highest BCUT2D eigenvalue weighted by Crippen LogP contribution is 2.26.